The molecule has 0 fully saturated rings. The molecule has 0 saturated carbocycles. The van der Waals surface area contributed by atoms with Gasteiger partial charge in [0.15, 0.2) is 11.5 Å². The number of amides is 2. The van der Waals surface area contributed by atoms with E-state index in [1.807, 2.05) is 68.6 Å². The van der Waals surface area contributed by atoms with Crippen molar-refractivity contribution in [2.45, 2.75) is 39.8 Å². The lowest BCUT2D eigenvalue weighted by Gasteiger charge is -2.23. The first-order valence-electron chi connectivity index (χ1n) is 9.34. The fourth-order valence-corrected chi connectivity index (χ4v) is 2.99. The van der Waals surface area contributed by atoms with Crippen molar-refractivity contribution in [3.63, 3.8) is 0 Å². The summed E-state index contributed by atoms with van der Waals surface area (Å²) in [5.74, 6) is 0.0399. The molecule has 3 rings (SSSR count). The Morgan fingerprint density at radius 1 is 0.964 bits per heavy atom. The fourth-order valence-electron chi connectivity index (χ4n) is 2.99. The number of aryl methyl sites for hydroxylation is 1. The number of hydrogen-bond acceptors (Lipinski definition) is 4. The Balaban J connectivity index is 1.72. The fraction of sp³-hybridized carbons (Fsp3) is 0.333. The highest BCUT2D eigenvalue weighted by molar-refractivity contribution is 5.97. The van der Waals surface area contributed by atoms with Crippen LogP contribution in [0.25, 0.3) is 5.65 Å². The van der Waals surface area contributed by atoms with Gasteiger partial charge in [-0.25, -0.2) is 0 Å². The quantitative estimate of drug-likeness (QED) is 0.689. The van der Waals surface area contributed by atoms with Crippen LogP contribution in [0.2, 0.25) is 0 Å². The standard InChI is InChI=1S/C21H25N5O2/c1-13(2)18(23-20(27)16-10-8-14(3)9-11-16)21(28)22-15(4)19-25-24-17-7-5-6-12-26(17)19/h5-13,15,18H,1-4H3,(H,22,28)(H,23,27). The summed E-state index contributed by atoms with van der Waals surface area (Å²) in [7, 11) is 0. The van der Waals surface area contributed by atoms with Crippen molar-refractivity contribution < 1.29 is 9.59 Å². The molecule has 1 aromatic carbocycles. The van der Waals surface area contributed by atoms with Gasteiger partial charge in [-0.05, 0) is 44.0 Å². The molecule has 2 amide bonds. The van der Waals surface area contributed by atoms with Gasteiger partial charge in [-0.2, -0.15) is 0 Å². The Bertz CT molecular complexity index is 978. The van der Waals surface area contributed by atoms with Gasteiger partial charge in [0.2, 0.25) is 5.91 Å². The smallest absolute Gasteiger partial charge is 0.251 e. The number of nitrogens with one attached hydrogen (secondary N) is 2. The van der Waals surface area contributed by atoms with Gasteiger partial charge < -0.3 is 10.6 Å². The average Bonchev–Trinajstić information content (AvgIpc) is 3.10. The zero-order valence-electron chi connectivity index (χ0n) is 16.5. The first-order chi connectivity index (χ1) is 13.4. The second-order valence-corrected chi connectivity index (χ2v) is 7.28. The molecule has 0 saturated heterocycles. The molecule has 2 atom stereocenters. The third-order valence-corrected chi connectivity index (χ3v) is 4.64. The first-order valence-corrected chi connectivity index (χ1v) is 9.34. The Labute approximate surface area is 164 Å². The van der Waals surface area contributed by atoms with Gasteiger partial charge in [0.1, 0.15) is 6.04 Å². The maximum atomic E-state index is 12.9. The van der Waals surface area contributed by atoms with E-state index in [0.29, 0.717) is 17.0 Å². The van der Waals surface area contributed by atoms with Crippen molar-refractivity contribution in [1.29, 1.82) is 0 Å². The van der Waals surface area contributed by atoms with Crippen LogP contribution in [0.4, 0.5) is 0 Å². The molecule has 0 spiro atoms. The molecule has 0 radical (unpaired) electrons. The number of fused-ring (bicyclic) bond motifs is 1. The van der Waals surface area contributed by atoms with Crippen molar-refractivity contribution in [3.05, 3.63) is 65.6 Å². The predicted octanol–water partition coefficient (Wildman–Crippen LogP) is 2.67. The van der Waals surface area contributed by atoms with E-state index in [4.69, 9.17) is 0 Å². The summed E-state index contributed by atoms with van der Waals surface area (Å²) in [6.07, 6.45) is 1.85. The lowest BCUT2D eigenvalue weighted by Crippen LogP contribution is -2.50. The largest absolute Gasteiger partial charge is 0.345 e. The lowest BCUT2D eigenvalue weighted by molar-refractivity contribution is -0.124. The van der Waals surface area contributed by atoms with Gasteiger partial charge in [0.25, 0.3) is 5.91 Å². The molecule has 146 valence electrons. The number of hydrogen-bond donors (Lipinski definition) is 2. The zero-order chi connectivity index (χ0) is 20.3. The van der Waals surface area contributed by atoms with E-state index in [9.17, 15) is 9.59 Å². The highest BCUT2D eigenvalue weighted by Gasteiger charge is 2.27. The van der Waals surface area contributed by atoms with E-state index in [0.717, 1.165) is 5.56 Å². The first kappa shape index (κ1) is 19.5. The number of nitrogens with zero attached hydrogens (tertiary/aromatic N) is 3. The molecule has 2 unspecified atom stereocenters. The van der Waals surface area contributed by atoms with Crippen molar-refractivity contribution in [2.24, 2.45) is 5.92 Å². The third kappa shape index (κ3) is 4.19. The van der Waals surface area contributed by atoms with Crippen LogP contribution in [0.5, 0.6) is 0 Å². The number of benzene rings is 1. The maximum Gasteiger partial charge on any atom is 0.251 e. The van der Waals surface area contributed by atoms with E-state index in [2.05, 4.69) is 20.8 Å². The van der Waals surface area contributed by atoms with Crippen LogP contribution in [-0.2, 0) is 4.79 Å². The van der Waals surface area contributed by atoms with E-state index in [-0.39, 0.29) is 23.8 Å². The zero-order valence-corrected chi connectivity index (χ0v) is 16.5. The summed E-state index contributed by atoms with van der Waals surface area (Å²) in [5.41, 5.74) is 2.32. The van der Waals surface area contributed by atoms with Gasteiger partial charge in [-0.3, -0.25) is 14.0 Å². The highest BCUT2D eigenvalue weighted by Crippen LogP contribution is 2.13. The molecule has 0 aliphatic rings. The summed E-state index contributed by atoms with van der Waals surface area (Å²) in [4.78, 5) is 25.4. The molecular weight excluding hydrogens is 354 g/mol. The van der Waals surface area contributed by atoms with Crippen LogP contribution >= 0.6 is 0 Å². The molecule has 0 bridgehead atoms. The number of aromatic nitrogens is 3. The Hall–Kier alpha value is -3.22. The SMILES string of the molecule is Cc1ccc(C(=O)NC(C(=O)NC(C)c2nnc3ccccn23)C(C)C)cc1. The molecular formula is C21H25N5O2. The van der Waals surface area contributed by atoms with Crippen LogP contribution < -0.4 is 10.6 Å². The molecule has 2 heterocycles. The summed E-state index contributed by atoms with van der Waals surface area (Å²) >= 11 is 0. The van der Waals surface area contributed by atoms with Crippen molar-refractivity contribution in [2.75, 3.05) is 0 Å². The molecule has 28 heavy (non-hydrogen) atoms. The topological polar surface area (TPSA) is 88.4 Å². The number of carbonyl (C=O) groups excluding carboxylic acids is 2. The highest BCUT2D eigenvalue weighted by atomic mass is 16.2. The Morgan fingerprint density at radius 2 is 1.68 bits per heavy atom. The summed E-state index contributed by atoms with van der Waals surface area (Å²) in [6, 6.07) is 11.9. The van der Waals surface area contributed by atoms with Crippen molar-refractivity contribution >= 4 is 17.5 Å². The molecule has 7 nitrogen and oxygen atoms in total. The molecule has 2 N–H and O–H groups in total. The molecule has 2 aromatic heterocycles. The third-order valence-electron chi connectivity index (χ3n) is 4.64. The van der Waals surface area contributed by atoms with Gasteiger partial charge >= 0.3 is 0 Å². The molecule has 0 aliphatic carbocycles. The summed E-state index contributed by atoms with van der Waals surface area (Å²) in [5, 5.41) is 14.1. The maximum absolute atomic E-state index is 12.9. The van der Waals surface area contributed by atoms with Crippen LogP contribution in [-0.4, -0.2) is 32.5 Å². The van der Waals surface area contributed by atoms with Crippen LogP contribution in [0.3, 0.4) is 0 Å². The molecule has 7 heteroatoms. The van der Waals surface area contributed by atoms with Crippen LogP contribution in [0, 0.1) is 12.8 Å². The second kappa shape index (κ2) is 8.21. The average molecular weight is 379 g/mol. The van der Waals surface area contributed by atoms with E-state index < -0.39 is 6.04 Å². The predicted molar refractivity (Wildman–Crippen MR) is 107 cm³/mol. The minimum Gasteiger partial charge on any atom is -0.345 e. The molecule has 0 aliphatic heterocycles. The van der Waals surface area contributed by atoms with Crippen molar-refractivity contribution in [3.8, 4) is 0 Å². The number of pyridine rings is 1. The minimum atomic E-state index is -0.657. The monoisotopic (exact) mass is 379 g/mol. The minimum absolute atomic E-state index is 0.0725. The normalized spacial score (nSPS) is 13.3. The number of carbonyl (C=O) groups is 2. The Morgan fingerprint density at radius 3 is 2.36 bits per heavy atom. The van der Waals surface area contributed by atoms with Crippen LogP contribution in [0.1, 0.15) is 48.6 Å². The van der Waals surface area contributed by atoms with Crippen LogP contribution in [0.15, 0.2) is 48.7 Å². The Kier molecular flexibility index (Phi) is 5.73. The van der Waals surface area contributed by atoms with Gasteiger partial charge in [-0.15, -0.1) is 10.2 Å². The second-order valence-electron chi connectivity index (χ2n) is 7.28. The van der Waals surface area contributed by atoms with E-state index in [1.165, 1.54) is 0 Å². The number of rotatable bonds is 6. The molecule has 3 aromatic rings. The van der Waals surface area contributed by atoms with E-state index in [1.54, 1.807) is 12.1 Å². The summed E-state index contributed by atoms with van der Waals surface area (Å²) < 4.78 is 1.83. The van der Waals surface area contributed by atoms with Gasteiger partial charge in [0.05, 0.1) is 6.04 Å². The van der Waals surface area contributed by atoms with E-state index >= 15 is 0 Å². The summed E-state index contributed by atoms with van der Waals surface area (Å²) in [6.45, 7) is 7.61. The van der Waals surface area contributed by atoms with Gasteiger partial charge in [-0.1, -0.05) is 37.6 Å². The van der Waals surface area contributed by atoms with Crippen molar-refractivity contribution in [1.82, 2.24) is 25.2 Å². The van der Waals surface area contributed by atoms with Gasteiger partial charge in [0, 0.05) is 11.8 Å². The lowest BCUT2D eigenvalue weighted by atomic mass is 10.0.